The van der Waals surface area contributed by atoms with Crippen LogP contribution >= 0.6 is 11.6 Å². The van der Waals surface area contributed by atoms with Crippen LogP contribution in [0.2, 0.25) is 5.02 Å². The van der Waals surface area contributed by atoms with Crippen LogP contribution in [0.15, 0.2) is 60.8 Å². The highest BCUT2D eigenvalue weighted by Gasteiger charge is 2.28. The zero-order valence-electron chi connectivity index (χ0n) is 17.0. The molecule has 0 unspecified atom stereocenters. The number of nitrogens with one attached hydrogen (secondary N) is 2. The van der Waals surface area contributed by atoms with Crippen LogP contribution in [0, 0.1) is 11.3 Å². The van der Waals surface area contributed by atoms with Crippen molar-refractivity contribution in [2.75, 3.05) is 11.9 Å². The van der Waals surface area contributed by atoms with Gasteiger partial charge in [-0.3, -0.25) is 10.1 Å². The van der Waals surface area contributed by atoms with E-state index in [9.17, 15) is 10.1 Å². The number of amides is 1. The van der Waals surface area contributed by atoms with Gasteiger partial charge in [0.05, 0.1) is 18.4 Å². The maximum Gasteiger partial charge on any atom is 0.239 e. The molecule has 30 heavy (non-hydrogen) atoms. The van der Waals surface area contributed by atoms with Gasteiger partial charge in [0.1, 0.15) is 11.6 Å². The molecule has 0 aliphatic carbocycles. The molecule has 0 radical (unpaired) electrons. The Kier molecular flexibility index (Phi) is 6.88. The lowest BCUT2D eigenvalue weighted by Crippen LogP contribution is -2.45. The summed E-state index contributed by atoms with van der Waals surface area (Å²) >= 11 is 6.03. The van der Waals surface area contributed by atoms with Gasteiger partial charge in [-0.05, 0) is 42.7 Å². The van der Waals surface area contributed by atoms with Crippen molar-refractivity contribution in [1.82, 2.24) is 15.1 Å². The first-order valence-corrected chi connectivity index (χ1v) is 10.2. The van der Waals surface area contributed by atoms with Crippen molar-refractivity contribution in [3.8, 4) is 11.8 Å². The first-order chi connectivity index (χ1) is 14.5. The van der Waals surface area contributed by atoms with E-state index in [-0.39, 0.29) is 18.0 Å². The summed E-state index contributed by atoms with van der Waals surface area (Å²) in [6, 6.07) is 19.1. The lowest BCUT2D eigenvalue weighted by molar-refractivity contribution is -0.115. The molecule has 0 fully saturated rings. The topological polar surface area (TPSA) is 82.7 Å². The summed E-state index contributed by atoms with van der Waals surface area (Å²) in [6.45, 7) is 4.26. The number of benzene rings is 2. The zero-order valence-corrected chi connectivity index (χ0v) is 17.8. The number of hydrogen-bond donors (Lipinski definition) is 2. The second-order valence-corrected chi connectivity index (χ2v) is 7.40. The Morgan fingerprint density at radius 2 is 1.80 bits per heavy atom. The summed E-state index contributed by atoms with van der Waals surface area (Å²) in [5.74, 6) is 0.116. The van der Waals surface area contributed by atoms with Crippen LogP contribution < -0.4 is 10.6 Å². The van der Waals surface area contributed by atoms with Crippen molar-refractivity contribution in [2.45, 2.75) is 32.2 Å². The molecule has 154 valence electrons. The molecule has 0 aliphatic heterocycles. The van der Waals surface area contributed by atoms with E-state index in [0.29, 0.717) is 16.4 Å². The van der Waals surface area contributed by atoms with Crippen LogP contribution in [0.1, 0.15) is 37.8 Å². The van der Waals surface area contributed by atoms with E-state index in [1.165, 1.54) is 6.20 Å². The van der Waals surface area contributed by atoms with Gasteiger partial charge in [0.25, 0.3) is 0 Å². The van der Waals surface area contributed by atoms with Gasteiger partial charge in [0.2, 0.25) is 5.91 Å². The molecule has 2 N–H and O–H groups in total. The Morgan fingerprint density at radius 1 is 1.13 bits per heavy atom. The number of aromatic nitrogens is 2. The van der Waals surface area contributed by atoms with Crippen molar-refractivity contribution >= 4 is 23.3 Å². The number of nitrogens with zero attached hydrogens (tertiary/aromatic N) is 3. The summed E-state index contributed by atoms with van der Waals surface area (Å²) in [5, 5.41) is 20.6. The molecule has 0 spiro atoms. The summed E-state index contributed by atoms with van der Waals surface area (Å²) in [4.78, 5) is 12.8. The third-order valence-electron chi connectivity index (χ3n) is 5.34. The first kappa shape index (κ1) is 21.6. The molecule has 0 saturated carbocycles. The van der Waals surface area contributed by atoms with Gasteiger partial charge in [-0.15, -0.1) is 0 Å². The molecule has 2 aromatic carbocycles. The smallest absolute Gasteiger partial charge is 0.239 e. The normalized spacial score (nSPS) is 11.1. The monoisotopic (exact) mass is 421 g/mol. The van der Waals surface area contributed by atoms with Gasteiger partial charge in [-0.25, -0.2) is 4.68 Å². The number of hydrogen-bond acceptors (Lipinski definition) is 4. The van der Waals surface area contributed by atoms with Gasteiger partial charge in [0, 0.05) is 10.6 Å². The minimum Gasteiger partial charge on any atom is -0.308 e. The second-order valence-electron chi connectivity index (χ2n) is 6.96. The summed E-state index contributed by atoms with van der Waals surface area (Å²) < 4.78 is 1.56. The molecular formula is C23H24ClN5O. The summed E-state index contributed by atoms with van der Waals surface area (Å²) in [6.07, 6.45) is 3.07. The van der Waals surface area contributed by atoms with Crippen LogP contribution in [0.3, 0.4) is 0 Å². The molecule has 1 amide bonds. The Labute approximate surface area is 181 Å². The second kappa shape index (κ2) is 9.57. The van der Waals surface area contributed by atoms with E-state index in [1.807, 2.05) is 54.6 Å². The molecule has 7 heteroatoms. The fraction of sp³-hybridized carbons (Fsp3) is 0.261. The predicted octanol–water partition coefficient (Wildman–Crippen LogP) is 4.64. The Bertz CT molecular complexity index is 1030. The van der Waals surface area contributed by atoms with Gasteiger partial charge < -0.3 is 5.32 Å². The standard InChI is InChI=1S/C23H24ClN5O/c1-3-23(4-2,18-10-12-19(24)13-11-18)26-16-21(30)28-22-17(14-25)15-27-29(22)20-8-6-5-7-9-20/h5-13,15,26H,3-4,16H2,1-2H3,(H,28,30). The van der Waals surface area contributed by atoms with Crippen LogP contribution in [-0.2, 0) is 10.3 Å². The van der Waals surface area contributed by atoms with Crippen LogP contribution in [-0.4, -0.2) is 22.2 Å². The lowest BCUT2D eigenvalue weighted by Gasteiger charge is -2.33. The van der Waals surface area contributed by atoms with E-state index >= 15 is 0 Å². The van der Waals surface area contributed by atoms with Crippen molar-refractivity contribution < 1.29 is 4.79 Å². The quantitative estimate of drug-likeness (QED) is 0.555. The molecule has 0 aliphatic rings. The fourth-order valence-electron chi connectivity index (χ4n) is 3.52. The number of para-hydroxylation sites is 1. The van der Waals surface area contributed by atoms with Gasteiger partial charge in [-0.1, -0.05) is 55.8 Å². The molecule has 1 heterocycles. The molecule has 0 atom stereocenters. The molecule has 6 nitrogen and oxygen atoms in total. The van der Waals surface area contributed by atoms with Crippen molar-refractivity contribution in [2.24, 2.45) is 0 Å². The lowest BCUT2D eigenvalue weighted by atomic mass is 9.84. The van der Waals surface area contributed by atoms with Crippen molar-refractivity contribution in [3.05, 3.63) is 76.9 Å². The molecule has 3 rings (SSSR count). The number of nitriles is 1. The molecule has 0 saturated heterocycles. The number of halogens is 1. The summed E-state index contributed by atoms with van der Waals surface area (Å²) in [5.41, 5.74) is 1.80. The largest absolute Gasteiger partial charge is 0.308 e. The van der Waals surface area contributed by atoms with Crippen LogP contribution in [0.25, 0.3) is 5.69 Å². The van der Waals surface area contributed by atoms with Crippen molar-refractivity contribution in [1.29, 1.82) is 5.26 Å². The SMILES string of the molecule is CCC(CC)(NCC(=O)Nc1c(C#N)cnn1-c1ccccc1)c1ccc(Cl)cc1. The van der Waals surface area contributed by atoms with Crippen LogP contribution in [0.5, 0.6) is 0 Å². The Hall–Kier alpha value is -3.14. The van der Waals surface area contributed by atoms with E-state index in [4.69, 9.17) is 11.6 Å². The Morgan fingerprint density at radius 3 is 2.40 bits per heavy atom. The number of anilines is 1. The fourth-order valence-corrected chi connectivity index (χ4v) is 3.65. The van der Waals surface area contributed by atoms with E-state index in [0.717, 1.165) is 24.1 Å². The number of carbonyl (C=O) groups is 1. The van der Waals surface area contributed by atoms with Gasteiger partial charge in [-0.2, -0.15) is 10.4 Å². The molecular weight excluding hydrogens is 398 g/mol. The highest BCUT2D eigenvalue weighted by molar-refractivity contribution is 6.30. The van der Waals surface area contributed by atoms with Crippen LogP contribution in [0.4, 0.5) is 5.82 Å². The predicted molar refractivity (Wildman–Crippen MR) is 119 cm³/mol. The third kappa shape index (κ3) is 4.54. The van der Waals surface area contributed by atoms with E-state index < -0.39 is 0 Å². The van der Waals surface area contributed by atoms with Crippen molar-refractivity contribution in [3.63, 3.8) is 0 Å². The zero-order chi connectivity index (χ0) is 21.6. The minimum absolute atomic E-state index is 0.0924. The minimum atomic E-state index is -0.348. The molecule has 0 bridgehead atoms. The number of rotatable bonds is 8. The molecule has 1 aromatic heterocycles. The maximum absolute atomic E-state index is 12.8. The van der Waals surface area contributed by atoms with E-state index in [2.05, 4.69) is 35.6 Å². The highest BCUT2D eigenvalue weighted by atomic mass is 35.5. The average molecular weight is 422 g/mol. The van der Waals surface area contributed by atoms with Gasteiger partial charge >= 0.3 is 0 Å². The maximum atomic E-state index is 12.8. The average Bonchev–Trinajstić information content (AvgIpc) is 3.18. The summed E-state index contributed by atoms with van der Waals surface area (Å²) in [7, 11) is 0. The highest BCUT2D eigenvalue weighted by Crippen LogP contribution is 2.29. The molecule has 3 aromatic rings. The van der Waals surface area contributed by atoms with Gasteiger partial charge in [0.15, 0.2) is 5.82 Å². The number of carbonyl (C=O) groups excluding carboxylic acids is 1. The Balaban J connectivity index is 1.78. The van der Waals surface area contributed by atoms with E-state index in [1.54, 1.807) is 4.68 Å². The third-order valence-corrected chi connectivity index (χ3v) is 5.59. The first-order valence-electron chi connectivity index (χ1n) is 9.87.